The van der Waals surface area contributed by atoms with Gasteiger partial charge >= 0.3 is 0 Å². The first-order valence-electron chi connectivity index (χ1n) is 6.57. The highest BCUT2D eigenvalue weighted by Gasteiger charge is 2.05. The first-order chi connectivity index (χ1) is 9.93. The Balaban J connectivity index is 0.000000121. The number of aromatic nitrogens is 2. The van der Waals surface area contributed by atoms with Crippen LogP contribution < -0.4 is 0 Å². The van der Waals surface area contributed by atoms with Gasteiger partial charge in [-0.1, -0.05) is 30.4 Å². The molecule has 3 heteroatoms. The maximum Gasteiger partial charge on any atom is 0.0886 e. The molecule has 0 radical (unpaired) electrons. The highest BCUT2D eigenvalue weighted by atomic mass is 15.1. The van der Waals surface area contributed by atoms with Crippen molar-refractivity contribution in [1.82, 2.24) is 14.9 Å². The molecule has 0 atom stereocenters. The molecule has 98 valence electrons. The molecule has 0 unspecified atom stereocenters. The molecule has 0 spiro atoms. The summed E-state index contributed by atoms with van der Waals surface area (Å²) in [5.41, 5.74) is 3.18. The molecule has 0 saturated carbocycles. The maximum atomic E-state index is 4.12. The lowest BCUT2D eigenvalue weighted by atomic mass is 10.2. The zero-order chi connectivity index (χ0) is 13.6. The van der Waals surface area contributed by atoms with Gasteiger partial charge in [-0.25, -0.2) is 0 Å². The number of hydrogen-bond donors (Lipinski definition) is 0. The molecule has 3 nitrogen and oxygen atoms in total. The molecule has 2 aliphatic rings. The van der Waals surface area contributed by atoms with Gasteiger partial charge in [-0.05, 0) is 30.4 Å². The Hall–Kier alpha value is -2.68. The number of rotatable bonds is 0. The van der Waals surface area contributed by atoms with Crippen LogP contribution in [0.15, 0.2) is 85.0 Å². The molecule has 1 aromatic heterocycles. The van der Waals surface area contributed by atoms with Crippen molar-refractivity contribution in [2.45, 2.75) is 0 Å². The summed E-state index contributed by atoms with van der Waals surface area (Å²) in [5, 5.41) is 0. The lowest BCUT2D eigenvalue weighted by Gasteiger charge is -2.23. The zero-order valence-electron chi connectivity index (χ0n) is 11.1. The maximum absolute atomic E-state index is 4.12. The molecular weight excluding hydrogens is 246 g/mol. The van der Waals surface area contributed by atoms with Crippen molar-refractivity contribution in [2.75, 3.05) is 6.54 Å². The summed E-state index contributed by atoms with van der Waals surface area (Å²) in [6.45, 7) is 1.01. The molecule has 2 aliphatic heterocycles. The normalized spacial score (nSPS) is 15.4. The van der Waals surface area contributed by atoms with Gasteiger partial charge in [0, 0.05) is 30.8 Å². The second-order valence-electron chi connectivity index (χ2n) is 4.42. The number of allylic oxidation sites excluding steroid dienone is 5. The number of para-hydroxylation sites is 2. The van der Waals surface area contributed by atoms with Crippen molar-refractivity contribution in [1.29, 1.82) is 0 Å². The van der Waals surface area contributed by atoms with Gasteiger partial charge in [0.15, 0.2) is 0 Å². The summed E-state index contributed by atoms with van der Waals surface area (Å²) in [5.74, 6) is 0. The highest BCUT2D eigenvalue weighted by molar-refractivity contribution is 5.72. The van der Waals surface area contributed by atoms with Crippen LogP contribution in [0.1, 0.15) is 0 Å². The Kier molecular flexibility index (Phi) is 3.69. The minimum absolute atomic E-state index is 0.949. The van der Waals surface area contributed by atoms with Gasteiger partial charge in [0.05, 0.1) is 11.0 Å². The van der Waals surface area contributed by atoms with Gasteiger partial charge in [0.1, 0.15) is 0 Å². The van der Waals surface area contributed by atoms with Crippen LogP contribution in [0, 0.1) is 0 Å². The fourth-order valence-electron chi connectivity index (χ4n) is 2.06. The Bertz CT molecular complexity index is 646. The van der Waals surface area contributed by atoms with Gasteiger partial charge in [-0.3, -0.25) is 9.97 Å². The minimum atomic E-state index is 0.949. The smallest absolute Gasteiger partial charge is 0.0886 e. The summed E-state index contributed by atoms with van der Waals surface area (Å²) >= 11 is 0. The lowest BCUT2D eigenvalue weighted by Crippen LogP contribution is -2.18. The van der Waals surface area contributed by atoms with E-state index in [1.165, 1.54) is 5.70 Å². The largest absolute Gasteiger partial charge is 0.344 e. The Morgan fingerprint density at radius 2 is 1.65 bits per heavy atom. The van der Waals surface area contributed by atoms with Crippen molar-refractivity contribution in [3.8, 4) is 0 Å². The third-order valence-electron chi connectivity index (χ3n) is 3.06. The van der Waals surface area contributed by atoms with Crippen LogP contribution in [0.5, 0.6) is 0 Å². The fourth-order valence-corrected chi connectivity index (χ4v) is 2.06. The highest BCUT2D eigenvalue weighted by Crippen LogP contribution is 2.14. The van der Waals surface area contributed by atoms with E-state index in [1.54, 1.807) is 12.4 Å². The Morgan fingerprint density at radius 1 is 0.900 bits per heavy atom. The minimum Gasteiger partial charge on any atom is -0.344 e. The predicted octanol–water partition coefficient (Wildman–Crippen LogP) is 3.46. The van der Waals surface area contributed by atoms with Crippen molar-refractivity contribution in [3.63, 3.8) is 0 Å². The Labute approximate surface area is 118 Å². The molecule has 0 fully saturated rings. The lowest BCUT2D eigenvalue weighted by molar-refractivity contribution is 0.523. The van der Waals surface area contributed by atoms with Crippen molar-refractivity contribution < 1.29 is 0 Å². The van der Waals surface area contributed by atoms with Crippen LogP contribution in [-0.4, -0.2) is 21.4 Å². The summed E-state index contributed by atoms with van der Waals surface area (Å²) in [4.78, 5) is 10.4. The number of hydrogen-bond acceptors (Lipinski definition) is 3. The summed E-state index contributed by atoms with van der Waals surface area (Å²) in [7, 11) is 0. The summed E-state index contributed by atoms with van der Waals surface area (Å²) in [6.07, 6.45) is 18.1. The number of benzene rings is 1. The molecule has 1 aromatic carbocycles. The molecule has 0 bridgehead atoms. The Morgan fingerprint density at radius 3 is 2.35 bits per heavy atom. The first-order valence-corrected chi connectivity index (χ1v) is 6.57. The van der Waals surface area contributed by atoms with Crippen molar-refractivity contribution in [3.05, 3.63) is 85.0 Å². The second kappa shape index (κ2) is 5.97. The van der Waals surface area contributed by atoms with Crippen LogP contribution in [0.25, 0.3) is 11.0 Å². The van der Waals surface area contributed by atoms with Crippen molar-refractivity contribution in [2.24, 2.45) is 0 Å². The monoisotopic (exact) mass is 261 g/mol. The van der Waals surface area contributed by atoms with E-state index in [2.05, 4.69) is 57.5 Å². The zero-order valence-corrected chi connectivity index (χ0v) is 11.1. The van der Waals surface area contributed by atoms with Gasteiger partial charge in [-0.15, -0.1) is 0 Å². The van der Waals surface area contributed by atoms with E-state index in [4.69, 9.17) is 0 Å². The topological polar surface area (TPSA) is 29.0 Å². The third kappa shape index (κ3) is 2.83. The van der Waals surface area contributed by atoms with E-state index in [0.29, 0.717) is 0 Å². The fraction of sp³-hybridized carbons (Fsp3) is 0.0588. The third-order valence-corrected chi connectivity index (χ3v) is 3.06. The quantitative estimate of drug-likeness (QED) is 0.727. The van der Waals surface area contributed by atoms with Gasteiger partial charge in [0.2, 0.25) is 0 Å². The van der Waals surface area contributed by atoms with Gasteiger partial charge in [0.25, 0.3) is 0 Å². The van der Waals surface area contributed by atoms with E-state index >= 15 is 0 Å². The van der Waals surface area contributed by atoms with Crippen LogP contribution in [-0.2, 0) is 0 Å². The molecule has 0 N–H and O–H groups in total. The van der Waals surface area contributed by atoms with E-state index < -0.39 is 0 Å². The van der Waals surface area contributed by atoms with E-state index in [9.17, 15) is 0 Å². The predicted molar refractivity (Wildman–Crippen MR) is 81.7 cm³/mol. The molecule has 3 heterocycles. The van der Waals surface area contributed by atoms with Crippen molar-refractivity contribution >= 4 is 11.0 Å². The van der Waals surface area contributed by atoms with E-state index in [-0.39, 0.29) is 0 Å². The molecule has 4 rings (SSSR count). The summed E-state index contributed by atoms with van der Waals surface area (Å²) in [6, 6.07) is 7.80. The molecule has 20 heavy (non-hydrogen) atoms. The summed E-state index contributed by atoms with van der Waals surface area (Å²) < 4.78 is 0. The van der Waals surface area contributed by atoms with Gasteiger partial charge < -0.3 is 4.90 Å². The molecule has 0 aliphatic carbocycles. The number of fused-ring (bicyclic) bond motifs is 2. The number of nitrogens with zero attached hydrogens (tertiary/aromatic N) is 3. The van der Waals surface area contributed by atoms with Crippen LogP contribution >= 0.6 is 0 Å². The average molecular weight is 261 g/mol. The van der Waals surface area contributed by atoms with Crippen LogP contribution in [0.2, 0.25) is 0 Å². The molecule has 2 aromatic rings. The standard InChI is InChI=1S/C9H9N.C8H6N2/c1-3-7-10-8-4-2-6-9(10)5-1;1-2-4-8-7(3-1)9-5-6-10-8/h1-7H,8H2;1-6H. The van der Waals surface area contributed by atoms with E-state index in [1.807, 2.05) is 24.3 Å². The molecule has 0 amide bonds. The van der Waals surface area contributed by atoms with E-state index in [0.717, 1.165) is 17.6 Å². The van der Waals surface area contributed by atoms with Crippen LogP contribution in [0.4, 0.5) is 0 Å². The second-order valence-corrected chi connectivity index (χ2v) is 4.42. The van der Waals surface area contributed by atoms with Crippen LogP contribution in [0.3, 0.4) is 0 Å². The SMILES string of the molecule is C1=CCN2C=CC=CC2=C1.c1ccc2nccnc2c1. The molecule has 0 saturated heterocycles. The first kappa shape index (κ1) is 12.4. The average Bonchev–Trinajstić information content (AvgIpc) is 2.56. The van der Waals surface area contributed by atoms with Gasteiger partial charge in [-0.2, -0.15) is 0 Å². The molecular formula is C17H15N3.